The monoisotopic (exact) mass is 253 g/mol. The van der Waals surface area contributed by atoms with Gasteiger partial charge in [-0.2, -0.15) is 0 Å². The second kappa shape index (κ2) is 3.47. The highest BCUT2D eigenvalue weighted by Gasteiger charge is 2.13. The molecule has 0 radical (unpaired) electrons. The first kappa shape index (κ1) is 9.92. The predicted molar refractivity (Wildman–Crippen MR) is 74.0 cm³/mol. The number of fused-ring (bicyclic) bond motifs is 5. The van der Waals surface area contributed by atoms with Crippen LogP contribution in [0.1, 0.15) is 0 Å². The van der Waals surface area contributed by atoms with Crippen molar-refractivity contribution in [2.75, 3.05) is 0 Å². The zero-order chi connectivity index (χ0) is 12.1. The molecule has 3 heteroatoms. The van der Waals surface area contributed by atoms with Crippen LogP contribution in [-0.2, 0) is 0 Å². The fraction of sp³-hybridized carbons (Fsp3) is 0. The molecule has 2 nitrogen and oxygen atoms in total. The molecule has 4 aromatic rings. The minimum atomic E-state index is 0.716. The number of nitrogens with zero attached hydrogens (tertiary/aromatic N) is 1. The summed E-state index contributed by atoms with van der Waals surface area (Å²) in [6.07, 6.45) is 3.57. The molecule has 0 aliphatic rings. The first-order chi connectivity index (χ1) is 8.84. The number of rotatable bonds is 0. The number of aromatic nitrogens is 1. The van der Waals surface area contributed by atoms with Gasteiger partial charge in [-0.25, -0.2) is 0 Å². The molecule has 0 bridgehead atoms. The Bertz CT molecular complexity index is 895. The quantitative estimate of drug-likeness (QED) is 0.450. The lowest BCUT2D eigenvalue weighted by atomic mass is 10.1. The van der Waals surface area contributed by atoms with Crippen molar-refractivity contribution in [1.29, 1.82) is 0 Å². The van der Waals surface area contributed by atoms with Crippen molar-refractivity contribution in [3.05, 3.63) is 53.8 Å². The van der Waals surface area contributed by atoms with E-state index in [0.29, 0.717) is 5.02 Å². The first-order valence-electron chi connectivity index (χ1n) is 5.68. The molecule has 2 heterocycles. The number of hydrogen-bond donors (Lipinski definition) is 0. The molecule has 0 spiro atoms. The Labute approximate surface area is 108 Å². The maximum Gasteiger partial charge on any atom is 0.146 e. The summed E-state index contributed by atoms with van der Waals surface area (Å²) in [4.78, 5) is 4.16. The number of pyridine rings is 1. The Morgan fingerprint density at radius 3 is 2.89 bits per heavy atom. The van der Waals surface area contributed by atoms with Crippen LogP contribution in [0.25, 0.3) is 32.7 Å². The van der Waals surface area contributed by atoms with E-state index in [9.17, 15) is 0 Å². The molecule has 0 amide bonds. The third-order valence-corrected chi connectivity index (χ3v) is 3.51. The van der Waals surface area contributed by atoms with Gasteiger partial charge in [-0.05, 0) is 23.6 Å². The van der Waals surface area contributed by atoms with E-state index in [1.807, 2.05) is 42.6 Å². The van der Waals surface area contributed by atoms with E-state index >= 15 is 0 Å². The van der Waals surface area contributed by atoms with Crippen LogP contribution < -0.4 is 0 Å². The van der Waals surface area contributed by atoms with Crippen LogP contribution in [0.2, 0.25) is 5.02 Å². The van der Waals surface area contributed by atoms with Gasteiger partial charge in [-0.15, -0.1) is 0 Å². The van der Waals surface area contributed by atoms with E-state index in [1.165, 1.54) is 0 Å². The summed E-state index contributed by atoms with van der Waals surface area (Å²) in [6, 6.07) is 11.8. The maximum atomic E-state index is 6.38. The summed E-state index contributed by atoms with van der Waals surface area (Å²) in [5.74, 6) is 0. The lowest BCUT2D eigenvalue weighted by Gasteiger charge is -1.99. The molecule has 0 fully saturated rings. The van der Waals surface area contributed by atoms with Gasteiger partial charge in [0.05, 0.1) is 5.02 Å². The van der Waals surface area contributed by atoms with Crippen molar-refractivity contribution in [3.8, 4) is 0 Å². The van der Waals surface area contributed by atoms with E-state index < -0.39 is 0 Å². The third-order valence-electron chi connectivity index (χ3n) is 3.22. The van der Waals surface area contributed by atoms with Crippen molar-refractivity contribution in [2.45, 2.75) is 0 Å². The van der Waals surface area contributed by atoms with Crippen LogP contribution in [0.5, 0.6) is 0 Å². The van der Waals surface area contributed by atoms with Gasteiger partial charge in [0.2, 0.25) is 0 Å². The molecule has 0 atom stereocenters. The van der Waals surface area contributed by atoms with Gasteiger partial charge in [-0.3, -0.25) is 4.98 Å². The Balaban J connectivity index is 2.38. The van der Waals surface area contributed by atoms with E-state index in [1.54, 1.807) is 6.20 Å². The van der Waals surface area contributed by atoms with E-state index in [4.69, 9.17) is 16.0 Å². The lowest BCUT2D eigenvalue weighted by molar-refractivity contribution is 0.672. The Morgan fingerprint density at radius 2 is 1.94 bits per heavy atom. The number of para-hydroxylation sites is 1. The zero-order valence-corrected chi connectivity index (χ0v) is 10.1. The minimum absolute atomic E-state index is 0.716. The lowest BCUT2D eigenvalue weighted by Crippen LogP contribution is -1.77. The molecule has 0 saturated heterocycles. The highest BCUT2D eigenvalue weighted by molar-refractivity contribution is 6.39. The zero-order valence-electron chi connectivity index (χ0n) is 9.35. The van der Waals surface area contributed by atoms with Crippen molar-refractivity contribution in [2.24, 2.45) is 0 Å². The molecule has 0 saturated carbocycles. The number of furan rings is 1. The molecule has 0 N–H and O–H groups in total. The SMILES string of the molecule is Clc1cc2ccncc2c2oc3ccccc3c12. The number of benzene rings is 2. The minimum Gasteiger partial charge on any atom is -0.455 e. The van der Waals surface area contributed by atoms with Crippen LogP contribution in [0.4, 0.5) is 0 Å². The molecule has 2 aromatic carbocycles. The molecule has 4 rings (SSSR count). The second-order valence-electron chi connectivity index (χ2n) is 4.26. The molecule has 2 aromatic heterocycles. The number of hydrogen-bond acceptors (Lipinski definition) is 2. The van der Waals surface area contributed by atoms with Crippen molar-refractivity contribution >= 4 is 44.3 Å². The summed E-state index contributed by atoms with van der Waals surface area (Å²) in [6.45, 7) is 0. The molecule has 86 valence electrons. The second-order valence-corrected chi connectivity index (χ2v) is 4.66. The summed E-state index contributed by atoms with van der Waals surface area (Å²) < 4.78 is 5.92. The first-order valence-corrected chi connectivity index (χ1v) is 6.06. The van der Waals surface area contributed by atoms with Gasteiger partial charge in [0.25, 0.3) is 0 Å². The normalized spacial score (nSPS) is 11.6. The summed E-state index contributed by atoms with van der Waals surface area (Å²) in [5.41, 5.74) is 1.66. The molecular formula is C15H8ClNO. The van der Waals surface area contributed by atoms with Crippen LogP contribution in [0, 0.1) is 0 Å². The van der Waals surface area contributed by atoms with E-state index in [2.05, 4.69) is 4.98 Å². The standard InChI is InChI=1S/C15H8ClNO/c16-12-7-9-5-6-17-8-11(9)15-14(12)10-3-1-2-4-13(10)18-15/h1-8H. The van der Waals surface area contributed by atoms with Gasteiger partial charge < -0.3 is 4.42 Å². The van der Waals surface area contributed by atoms with Crippen LogP contribution in [-0.4, -0.2) is 4.98 Å². The van der Waals surface area contributed by atoms with Crippen molar-refractivity contribution < 1.29 is 4.42 Å². The smallest absolute Gasteiger partial charge is 0.146 e. The van der Waals surface area contributed by atoms with Gasteiger partial charge in [0.1, 0.15) is 11.2 Å². The summed E-state index contributed by atoms with van der Waals surface area (Å²) in [7, 11) is 0. The Morgan fingerprint density at radius 1 is 1.06 bits per heavy atom. The number of halogens is 1. The van der Waals surface area contributed by atoms with Gasteiger partial charge in [0, 0.05) is 28.6 Å². The van der Waals surface area contributed by atoms with Crippen molar-refractivity contribution in [3.63, 3.8) is 0 Å². The van der Waals surface area contributed by atoms with E-state index in [-0.39, 0.29) is 0 Å². The van der Waals surface area contributed by atoms with Crippen LogP contribution in [0.15, 0.2) is 53.2 Å². The van der Waals surface area contributed by atoms with Crippen LogP contribution in [0.3, 0.4) is 0 Å². The Hall–Kier alpha value is -2.06. The topological polar surface area (TPSA) is 26.0 Å². The molecule has 18 heavy (non-hydrogen) atoms. The predicted octanol–water partition coefficient (Wildman–Crippen LogP) is 4.79. The molecule has 0 unspecified atom stereocenters. The van der Waals surface area contributed by atoms with Gasteiger partial charge in [-0.1, -0.05) is 29.8 Å². The summed E-state index contributed by atoms with van der Waals surface area (Å²) in [5, 5.41) is 4.76. The van der Waals surface area contributed by atoms with Gasteiger partial charge >= 0.3 is 0 Å². The fourth-order valence-corrected chi connectivity index (χ4v) is 2.71. The average molecular weight is 254 g/mol. The molecular weight excluding hydrogens is 246 g/mol. The summed E-state index contributed by atoms with van der Waals surface area (Å²) >= 11 is 6.38. The maximum absolute atomic E-state index is 6.38. The molecule has 0 aliphatic carbocycles. The van der Waals surface area contributed by atoms with E-state index in [0.717, 1.165) is 32.7 Å². The largest absolute Gasteiger partial charge is 0.455 e. The van der Waals surface area contributed by atoms with Gasteiger partial charge in [0.15, 0.2) is 0 Å². The Kier molecular flexibility index (Phi) is 1.91. The highest BCUT2D eigenvalue weighted by Crippen LogP contribution is 2.38. The average Bonchev–Trinajstić information content (AvgIpc) is 2.79. The van der Waals surface area contributed by atoms with Crippen LogP contribution >= 0.6 is 11.6 Å². The third kappa shape index (κ3) is 1.21. The molecule has 0 aliphatic heterocycles. The van der Waals surface area contributed by atoms with Crippen molar-refractivity contribution in [1.82, 2.24) is 4.98 Å². The fourth-order valence-electron chi connectivity index (χ4n) is 2.40. The highest BCUT2D eigenvalue weighted by atomic mass is 35.5.